The van der Waals surface area contributed by atoms with Gasteiger partial charge in [0, 0.05) is 0 Å². The third-order valence-electron chi connectivity index (χ3n) is 0.830. The SMILES string of the molecule is N#CCc1coc(N)n1. The van der Waals surface area contributed by atoms with Crippen LogP contribution in [0.3, 0.4) is 0 Å². The van der Waals surface area contributed by atoms with Gasteiger partial charge >= 0.3 is 0 Å². The molecular formula is C5H5N3O. The quantitative estimate of drug-likeness (QED) is 0.583. The molecular weight excluding hydrogens is 118 g/mol. The van der Waals surface area contributed by atoms with Gasteiger partial charge in [0.1, 0.15) is 6.26 Å². The molecule has 1 aromatic rings. The molecule has 0 unspecified atom stereocenters. The van der Waals surface area contributed by atoms with E-state index in [1.165, 1.54) is 6.26 Å². The molecule has 4 nitrogen and oxygen atoms in total. The van der Waals surface area contributed by atoms with Crippen molar-refractivity contribution in [2.75, 3.05) is 5.73 Å². The first kappa shape index (κ1) is 5.63. The average molecular weight is 123 g/mol. The number of hydrogen-bond donors (Lipinski definition) is 1. The first-order valence-electron chi connectivity index (χ1n) is 2.40. The van der Waals surface area contributed by atoms with Crippen LogP contribution in [-0.4, -0.2) is 4.98 Å². The van der Waals surface area contributed by atoms with Gasteiger partial charge in [0.05, 0.1) is 18.2 Å². The van der Waals surface area contributed by atoms with Gasteiger partial charge in [-0.1, -0.05) is 0 Å². The molecule has 0 aromatic carbocycles. The van der Waals surface area contributed by atoms with Crippen LogP contribution < -0.4 is 5.73 Å². The Morgan fingerprint density at radius 1 is 1.89 bits per heavy atom. The molecule has 0 saturated carbocycles. The number of anilines is 1. The summed E-state index contributed by atoms with van der Waals surface area (Å²) < 4.78 is 4.63. The Bertz CT molecular complexity index is 235. The zero-order valence-corrected chi connectivity index (χ0v) is 4.66. The van der Waals surface area contributed by atoms with Crippen LogP contribution in [0.2, 0.25) is 0 Å². The van der Waals surface area contributed by atoms with Gasteiger partial charge in [-0.2, -0.15) is 10.2 Å². The molecule has 4 heteroatoms. The number of rotatable bonds is 1. The fourth-order valence-electron chi connectivity index (χ4n) is 0.485. The number of oxazole rings is 1. The van der Waals surface area contributed by atoms with E-state index in [1.54, 1.807) is 0 Å². The van der Waals surface area contributed by atoms with Crippen molar-refractivity contribution < 1.29 is 4.42 Å². The minimum absolute atomic E-state index is 0.111. The van der Waals surface area contributed by atoms with E-state index in [1.807, 2.05) is 6.07 Å². The highest BCUT2D eigenvalue weighted by atomic mass is 16.4. The fraction of sp³-hybridized carbons (Fsp3) is 0.200. The summed E-state index contributed by atoms with van der Waals surface area (Å²) in [7, 11) is 0. The standard InChI is InChI=1S/C5H5N3O/c6-2-1-4-3-9-5(7)8-4/h3H,1H2,(H2,7,8). The lowest BCUT2D eigenvalue weighted by Crippen LogP contribution is -1.84. The average Bonchev–Trinajstić information content (AvgIpc) is 2.17. The Morgan fingerprint density at radius 2 is 2.67 bits per heavy atom. The van der Waals surface area contributed by atoms with Crippen molar-refractivity contribution >= 4 is 6.01 Å². The minimum atomic E-state index is 0.111. The Labute approximate surface area is 51.9 Å². The van der Waals surface area contributed by atoms with E-state index in [0.29, 0.717) is 5.69 Å². The largest absolute Gasteiger partial charge is 0.432 e. The van der Waals surface area contributed by atoms with E-state index in [2.05, 4.69) is 9.40 Å². The van der Waals surface area contributed by atoms with E-state index in [4.69, 9.17) is 11.0 Å². The lowest BCUT2D eigenvalue weighted by atomic mass is 10.4. The summed E-state index contributed by atoms with van der Waals surface area (Å²) in [6.07, 6.45) is 1.62. The second-order valence-corrected chi connectivity index (χ2v) is 1.51. The molecule has 0 radical (unpaired) electrons. The van der Waals surface area contributed by atoms with Crippen molar-refractivity contribution in [3.8, 4) is 6.07 Å². The molecule has 1 heterocycles. The molecule has 0 atom stereocenters. The smallest absolute Gasteiger partial charge is 0.292 e. The highest BCUT2D eigenvalue weighted by molar-refractivity contribution is 5.14. The summed E-state index contributed by atoms with van der Waals surface area (Å²) in [6.45, 7) is 0. The molecule has 0 bridgehead atoms. The monoisotopic (exact) mass is 123 g/mol. The fourth-order valence-corrected chi connectivity index (χ4v) is 0.485. The molecule has 1 rings (SSSR count). The number of nitrogens with two attached hydrogens (primary N) is 1. The van der Waals surface area contributed by atoms with Crippen LogP contribution in [0.4, 0.5) is 6.01 Å². The van der Waals surface area contributed by atoms with Crippen molar-refractivity contribution in [3.05, 3.63) is 12.0 Å². The van der Waals surface area contributed by atoms with Crippen LogP contribution >= 0.6 is 0 Å². The van der Waals surface area contributed by atoms with Gasteiger partial charge in [0.25, 0.3) is 6.01 Å². The molecule has 0 amide bonds. The number of hydrogen-bond acceptors (Lipinski definition) is 4. The molecule has 0 spiro atoms. The van der Waals surface area contributed by atoms with E-state index >= 15 is 0 Å². The summed E-state index contributed by atoms with van der Waals surface area (Å²) in [5, 5.41) is 8.16. The first-order chi connectivity index (χ1) is 4.33. The van der Waals surface area contributed by atoms with Crippen molar-refractivity contribution in [2.24, 2.45) is 0 Å². The highest BCUT2D eigenvalue weighted by Crippen LogP contribution is 2.01. The highest BCUT2D eigenvalue weighted by Gasteiger charge is 1.96. The van der Waals surface area contributed by atoms with Crippen LogP contribution in [-0.2, 0) is 6.42 Å². The van der Waals surface area contributed by atoms with Gasteiger partial charge in [0.2, 0.25) is 0 Å². The minimum Gasteiger partial charge on any atom is -0.432 e. The first-order valence-corrected chi connectivity index (χ1v) is 2.40. The summed E-state index contributed by atoms with van der Waals surface area (Å²) >= 11 is 0. The molecule has 0 aliphatic carbocycles. The topological polar surface area (TPSA) is 75.8 Å². The van der Waals surface area contributed by atoms with E-state index in [0.717, 1.165) is 0 Å². The van der Waals surface area contributed by atoms with Gasteiger partial charge in [0.15, 0.2) is 0 Å². The van der Waals surface area contributed by atoms with Crippen LogP contribution in [0.1, 0.15) is 5.69 Å². The number of aromatic nitrogens is 1. The predicted octanol–water partition coefficient (Wildman–Crippen LogP) is 0.323. The third kappa shape index (κ3) is 1.19. The lowest BCUT2D eigenvalue weighted by molar-refractivity contribution is 0.579. The van der Waals surface area contributed by atoms with Gasteiger partial charge in [-0.05, 0) is 0 Å². The second kappa shape index (κ2) is 2.18. The summed E-state index contributed by atoms with van der Waals surface area (Å²) in [5.74, 6) is 0. The maximum atomic E-state index is 8.16. The number of nitriles is 1. The van der Waals surface area contributed by atoms with Crippen molar-refractivity contribution in [1.82, 2.24) is 4.98 Å². The molecule has 0 fully saturated rings. The third-order valence-corrected chi connectivity index (χ3v) is 0.830. The summed E-state index contributed by atoms with van der Waals surface area (Å²) in [6, 6.07) is 2.03. The van der Waals surface area contributed by atoms with E-state index in [-0.39, 0.29) is 12.4 Å². The Morgan fingerprint density at radius 3 is 3.11 bits per heavy atom. The molecule has 46 valence electrons. The predicted molar refractivity (Wildman–Crippen MR) is 30.2 cm³/mol. The Hall–Kier alpha value is -1.50. The Kier molecular flexibility index (Phi) is 1.36. The summed E-state index contributed by atoms with van der Waals surface area (Å²) in [4.78, 5) is 3.69. The number of nitrogen functional groups attached to an aromatic ring is 1. The molecule has 2 N–H and O–H groups in total. The van der Waals surface area contributed by atoms with Crippen LogP contribution in [0.25, 0.3) is 0 Å². The zero-order chi connectivity index (χ0) is 6.69. The molecule has 0 aliphatic rings. The molecule has 1 aromatic heterocycles. The van der Waals surface area contributed by atoms with Crippen molar-refractivity contribution in [3.63, 3.8) is 0 Å². The summed E-state index contributed by atoms with van der Waals surface area (Å²) in [5.41, 5.74) is 5.70. The van der Waals surface area contributed by atoms with E-state index in [9.17, 15) is 0 Å². The normalized spacial score (nSPS) is 8.78. The van der Waals surface area contributed by atoms with Crippen molar-refractivity contribution in [1.29, 1.82) is 5.26 Å². The molecule has 0 aliphatic heterocycles. The maximum absolute atomic E-state index is 8.16. The van der Waals surface area contributed by atoms with Crippen LogP contribution in [0.5, 0.6) is 0 Å². The second-order valence-electron chi connectivity index (χ2n) is 1.51. The van der Waals surface area contributed by atoms with Gasteiger partial charge < -0.3 is 10.2 Å². The molecule has 9 heavy (non-hydrogen) atoms. The van der Waals surface area contributed by atoms with Crippen LogP contribution in [0, 0.1) is 11.3 Å². The van der Waals surface area contributed by atoms with E-state index < -0.39 is 0 Å². The number of nitrogens with zero attached hydrogens (tertiary/aromatic N) is 2. The van der Waals surface area contributed by atoms with Crippen LogP contribution in [0.15, 0.2) is 10.7 Å². The maximum Gasteiger partial charge on any atom is 0.292 e. The van der Waals surface area contributed by atoms with Gasteiger partial charge in [-0.3, -0.25) is 0 Å². The van der Waals surface area contributed by atoms with Crippen molar-refractivity contribution in [2.45, 2.75) is 6.42 Å². The Balaban J connectivity index is 2.76. The molecule has 0 saturated heterocycles. The van der Waals surface area contributed by atoms with Gasteiger partial charge in [-0.25, -0.2) is 0 Å². The lowest BCUT2D eigenvalue weighted by Gasteiger charge is -1.74. The zero-order valence-electron chi connectivity index (χ0n) is 4.66. The van der Waals surface area contributed by atoms with Gasteiger partial charge in [-0.15, -0.1) is 0 Å².